The van der Waals surface area contributed by atoms with Crippen LogP contribution in [0.3, 0.4) is 0 Å². The van der Waals surface area contributed by atoms with Gasteiger partial charge in [-0.3, -0.25) is 4.79 Å². The van der Waals surface area contributed by atoms with Crippen molar-refractivity contribution in [3.63, 3.8) is 0 Å². The van der Waals surface area contributed by atoms with Crippen molar-refractivity contribution in [3.8, 4) is 0 Å². The molecule has 0 aliphatic heterocycles. The Morgan fingerprint density at radius 1 is 1.47 bits per heavy atom. The van der Waals surface area contributed by atoms with Crippen LogP contribution in [0.15, 0.2) is 21.2 Å². The summed E-state index contributed by atoms with van der Waals surface area (Å²) in [5.41, 5.74) is 0. The molecule has 0 unspecified atom stereocenters. The van der Waals surface area contributed by atoms with E-state index in [-0.39, 0.29) is 18.3 Å². The molecule has 0 spiro atoms. The van der Waals surface area contributed by atoms with Crippen molar-refractivity contribution in [1.82, 2.24) is 5.32 Å². The molecule has 0 radical (unpaired) electrons. The molecule has 1 amide bonds. The normalized spacial score (nSPS) is 10.0. The van der Waals surface area contributed by atoms with E-state index in [1.807, 2.05) is 6.92 Å². The van der Waals surface area contributed by atoms with Gasteiger partial charge in [0.1, 0.15) is 0 Å². The van der Waals surface area contributed by atoms with Crippen LogP contribution in [0.1, 0.15) is 30.3 Å². The summed E-state index contributed by atoms with van der Waals surface area (Å²) in [5, 5.41) is 2.64. The summed E-state index contributed by atoms with van der Waals surface area (Å²) in [6, 6.07) is 3.05. The monoisotopic (exact) mass is 303 g/mol. The summed E-state index contributed by atoms with van der Waals surface area (Å²) in [6.45, 7) is 2.33. The van der Waals surface area contributed by atoms with Gasteiger partial charge in [-0.1, -0.05) is 13.3 Å². The number of halogens is 1. The van der Waals surface area contributed by atoms with Gasteiger partial charge < -0.3 is 14.5 Å². The summed E-state index contributed by atoms with van der Waals surface area (Å²) in [5.74, 6) is -0.892. The molecule has 0 fully saturated rings. The molecule has 6 heteroatoms. The molecule has 1 rings (SSSR count). The number of carbonyl (C=O) groups is 2. The average molecular weight is 304 g/mol. The summed E-state index contributed by atoms with van der Waals surface area (Å²) in [6.07, 6.45) is 1.91. The molecule has 1 aromatic heterocycles. The Balaban J connectivity index is 2.26. The van der Waals surface area contributed by atoms with Crippen LogP contribution in [-0.2, 0) is 9.53 Å². The molecule has 1 heterocycles. The highest BCUT2D eigenvalue weighted by Crippen LogP contribution is 2.14. The van der Waals surface area contributed by atoms with Gasteiger partial charge in [-0.25, -0.2) is 4.79 Å². The third-order valence-electron chi connectivity index (χ3n) is 1.96. The topological polar surface area (TPSA) is 68.5 Å². The number of rotatable bonds is 6. The maximum atomic E-state index is 11.4. The first kappa shape index (κ1) is 13.8. The van der Waals surface area contributed by atoms with Gasteiger partial charge in [0.15, 0.2) is 11.3 Å². The smallest absolute Gasteiger partial charge is 0.374 e. The van der Waals surface area contributed by atoms with E-state index in [2.05, 4.69) is 21.2 Å². The predicted octanol–water partition coefficient (Wildman–Crippen LogP) is 2.12. The van der Waals surface area contributed by atoms with Crippen LogP contribution >= 0.6 is 15.9 Å². The molecule has 0 aromatic carbocycles. The Morgan fingerprint density at radius 2 is 2.24 bits per heavy atom. The quantitative estimate of drug-likeness (QED) is 0.645. The first-order valence-corrected chi connectivity index (χ1v) is 6.12. The number of unbranched alkanes of at least 4 members (excludes halogenated alkanes) is 1. The molecule has 5 nitrogen and oxygen atoms in total. The van der Waals surface area contributed by atoms with Crippen LogP contribution in [-0.4, -0.2) is 25.0 Å². The number of carbonyl (C=O) groups excluding carboxylic acids is 2. The zero-order valence-corrected chi connectivity index (χ0v) is 11.1. The van der Waals surface area contributed by atoms with Crippen molar-refractivity contribution in [1.29, 1.82) is 0 Å². The second-order valence-electron chi connectivity index (χ2n) is 3.38. The van der Waals surface area contributed by atoms with Gasteiger partial charge >= 0.3 is 5.97 Å². The minimum absolute atomic E-state index is 0.0678. The number of esters is 1. The maximum Gasteiger partial charge on any atom is 0.374 e. The summed E-state index contributed by atoms with van der Waals surface area (Å²) >= 11 is 3.07. The van der Waals surface area contributed by atoms with Crippen molar-refractivity contribution in [2.45, 2.75) is 19.8 Å². The van der Waals surface area contributed by atoms with Crippen LogP contribution in [0, 0.1) is 0 Å². The van der Waals surface area contributed by atoms with E-state index in [0.29, 0.717) is 11.2 Å². The molecule has 17 heavy (non-hydrogen) atoms. The SMILES string of the molecule is CCCCNC(=O)COC(=O)c1ccc(Br)o1. The van der Waals surface area contributed by atoms with Crippen LogP contribution in [0.5, 0.6) is 0 Å². The van der Waals surface area contributed by atoms with Gasteiger partial charge in [-0.05, 0) is 34.5 Å². The Bertz CT molecular complexity index is 389. The van der Waals surface area contributed by atoms with Gasteiger partial charge in [-0.15, -0.1) is 0 Å². The highest BCUT2D eigenvalue weighted by atomic mass is 79.9. The largest absolute Gasteiger partial charge is 0.450 e. The molecule has 0 aliphatic carbocycles. The van der Waals surface area contributed by atoms with Gasteiger partial charge in [0.25, 0.3) is 5.91 Å². The zero-order valence-electron chi connectivity index (χ0n) is 9.49. The van der Waals surface area contributed by atoms with E-state index in [9.17, 15) is 9.59 Å². The minimum Gasteiger partial charge on any atom is -0.450 e. The lowest BCUT2D eigenvalue weighted by Crippen LogP contribution is -2.29. The van der Waals surface area contributed by atoms with E-state index < -0.39 is 5.97 Å². The van der Waals surface area contributed by atoms with E-state index in [1.165, 1.54) is 6.07 Å². The van der Waals surface area contributed by atoms with Crippen molar-refractivity contribution >= 4 is 27.8 Å². The third kappa shape index (κ3) is 5.04. The lowest BCUT2D eigenvalue weighted by molar-refractivity contribution is -0.124. The fraction of sp³-hybridized carbons (Fsp3) is 0.455. The number of nitrogens with one attached hydrogen (secondary N) is 1. The van der Waals surface area contributed by atoms with Crippen molar-refractivity contribution in [2.75, 3.05) is 13.2 Å². The standard InChI is InChI=1S/C11H14BrNO4/c1-2-3-6-13-10(14)7-16-11(15)8-4-5-9(12)17-8/h4-5H,2-3,6-7H2,1H3,(H,13,14). The second-order valence-corrected chi connectivity index (χ2v) is 4.16. The third-order valence-corrected chi connectivity index (χ3v) is 2.39. The molecule has 1 N–H and O–H groups in total. The highest BCUT2D eigenvalue weighted by Gasteiger charge is 2.13. The van der Waals surface area contributed by atoms with Gasteiger partial charge in [0, 0.05) is 6.54 Å². The van der Waals surface area contributed by atoms with E-state index >= 15 is 0 Å². The Labute approximate surface area is 108 Å². The molecular weight excluding hydrogens is 290 g/mol. The Kier molecular flexibility index (Phi) is 5.76. The summed E-state index contributed by atoms with van der Waals surface area (Å²) in [7, 11) is 0. The van der Waals surface area contributed by atoms with Gasteiger partial charge in [0.05, 0.1) is 0 Å². The highest BCUT2D eigenvalue weighted by molar-refractivity contribution is 9.10. The van der Waals surface area contributed by atoms with Crippen LogP contribution in [0.25, 0.3) is 0 Å². The van der Waals surface area contributed by atoms with Gasteiger partial charge in [0.2, 0.25) is 5.76 Å². The number of amides is 1. The van der Waals surface area contributed by atoms with Crippen molar-refractivity contribution in [3.05, 3.63) is 22.6 Å². The molecule has 1 aromatic rings. The zero-order chi connectivity index (χ0) is 12.7. The number of ether oxygens (including phenoxy) is 1. The molecule has 0 atom stereocenters. The molecular formula is C11H14BrNO4. The number of hydrogen-bond acceptors (Lipinski definition) is 4. The van der Waals surface area contributed by atoms with Crippen LogP contribution < -0.4 is 5.32 Å². The van der Waals surface area contributed by atoms with E-state index in [1.54, 1.807) is 6.07 Å². The molecule has 94 valence electrons. The summed E-state index contributed by atoms with van der Waals surface area (Å²) < 4.78 is 10.2. The Morgan fingerprint density at radius 3 is 2.82 bits per heavy atom. The van der Waals surface area contributed by atoms with Crippen LogP contribution in [0.4, 0.5) is 0 Å². The second kappa shape index (κ2) is 7.11. The first-order chi connectivity index (χ1) is 8.13. The lowest BCUT2D eigenvalue weighted by atomic mass is 10.3. The lowest BCUT2D eigenvalue weighted by Gasteiger charge is -2.04. The van der Waals surface area contributed by atoms with Crippen molar-refractivity contribution < 1.29 is 18.7 Å². The molecule has 0 saturated heterocycles. The minimum atomic E-state index is -0.652. The average Bonchev–Trinajstić information content (AvgIpc) is 2.73. The number of furan rings is 1. The van der Waals surface area contributed by atoms with E-state index in [0.717, 1.165) is 12.8 Å². The predicted molar refractivity (Wildman–Crippen MR) is 64.6 cm³/mol. The molecule has 0 aliphatic rings. The summed E-state index contributed by atoms with van der Waals surface area (Å²) in [4.78, 5) is 22.6. The van der Waals surface area contributed by atoms with Gasteiger partial charge in [-0.2, -0.15) is 0 Å². The van der Waals surface area contributed by atoms with Crippen LogP contribution in [0.2, 0.25) is 0 Å². The molecule has 0 bridgehead atoms. The first-order valence-electron chi connectivity index (χ1n) is 5.32. The fourth-order valence-electron chi connectivity index (χ4n) is 1.08. The Hall–Kier alpha value is -1.30. The maximum absolute atomic E-state index is 11.4. The van der Waals surface area contributed by atoms with E-state index in [4.69, 9.17) is 9.15 Å². The fourth-order valence-corrected chi connectivity index (χ4v) is 1.39. The number of hydrogen-bond donors (Lipinski definition) is 1. The molecule has 0 saturated carbocycles. The van der Waals surface area contributed by atoms with Crippen molar-refractivity contribution in [2.24, 2.45) is 0 Å².